The smallest absolute Gasteiger partial charge is 0.410 e. The quantitative estimate of drug-likeness (QED) is 0.739. The van der Waals surface area contributed by atoms with Crippen LogP contribution in [-0.4, -0.2) is 29.5 Å². The summed E-state index contributed by atoms with van der Waals surface area (Å²) < 4.78 is 5.05. The Hall–Kier alpha value is -1.22. The molecule has 1 aromatic rings. The molecule has 4 heteroatoms. The van der Waals surface area contributed by atoms with Gasteiger partial charge >= 0.3 is 6.09 Å². The Balaban J connectivity index is 1.99. The van der Waals surface area contributed by atoms with Crippen LogP contribution in [0.15, 0.2) is 30.3 Å². The molecule has 0 bridgehead atoms. The SMILES string of the molecule is O=C1OC(CCl)CN1Cc1ccccc1. The largest absolute Gasteiger partial charge is 0.443 e. The molecule has 15 heavy (non-hydrogen) atoms. The zero-order chi connectivity index (χ0) is 10.7. The van der Waals surface area contributed by atoms with Crippen LogP contribution in [0.2, 0.25) is 0 Å². The van der Waals surface area contributed by atoms with Crippen molar-refractivity contribution in [3.05, 3.63) is 35.9 Å². The highest BCUT2D eigenvalue weighted by atomic mass is 35.5. The summed E-state index contributed by atoms with van der Waals surface area (Å²) in [6, 6.07) is 9.83. The molecule has 3 nitrogen and oxygen atoms in total. The van der Waals surface area contributed by atoms with Crippen molar-refractivity contribution in [2.45, 2.75) is 12.6 Å². The average molecular weight is 226 g/mol. The topological polar surface area (TPSA) is 29.5 Å². The van der Waals surface area contributed by atoms with Crippen LogP contribution in [0.1, 0.15) is 5.56 Å². The summed E-state index contributed by atoms with van der Waals surface area (Å²) >= 11 is 5.64. The lowest BCUT2D eigenvalue weighted by Gasteiger charge is -2.12. The van der Waals surface area contributed by atoms with Gasteiger partial charge in [0.1, 0.15) is 6.10 Å². The van der Waals surface area contributed by atoms with Crippen LogP contribution in [0, 0.1) is 0 Å². The summed E-state index contributed by atoms with van der Waals surface area (Å²) in [4.78, 5) is 13.1. The zero-order valence-electron chi connectivity index (χ0n) is 8.23. The minimum Gasteiger partial charge on any atom is -0.443 e. The monoisotopic (exact) mass is 225 g/mol. The molecule has 0 N–H and O–H groups in total. The Labute approximate surface area is 93.6 Å². The fourth-order valence-corrected chi connectivity index (χ4v) is 1.75. The van der Waals surface area contributed by atoms with Crippen molar-refractivity contribution in [1.82, 2.24) is 4.90 Å². The van der Waals surface area contributed by atoms with Gasteiger partial charge < -0.3 is 9.64 Å². The van der Waals surface area contributed by atoms with Crippen molar-refractivity contribution < 1.29 is 9.53 Å². The van der Waals surface area contributed by atoms with Crippen LogP contribution in [0.3, 0.4) is 0 Å². The van der Waals surface area contributed by atoms with E-state index in [1.54, 1.807) is 4.90 Å². The highest BCUT2D eigenvalue weighted by Gasteiger charge is 2.30. The number of amides is 1. The average Bonchev–Trinajstić information content (AvgIpc) is 2.61. The number of benzene rings is 1. The standard InChI is InChI=1S/C11H12ClNO2/c12-6-10-8-13(11(14)15-10)7-9-4-2-1-3-5-9/h1-5,10H,6-8H2. The molecule has 0 aromatic heterocycles. The van der Waals surface area contributed by atoms with E-state index in [2.05, 4.69) is 0 Å². The molecule has 1 heterocycles. The van der Waals surface area contributed by atoms with Gasteiger partial charge in [0, 0.05) is 6.54 Å². The minimum atomic E-state index is -0.274. The number of carbonyl (C=O) groups excluding carboxylic acids is 1. The van der Waals surface area contributed by atoms with E-state index in [1.165, 1.54) is 0 Å². The number of hydrogen-bond donors (Lipinski definition) is 0. The number of ether oxygens (including phenoxy) is 1. The molecule has 0 spiro atoms. The van der Waals surface area contributed by atoms with Gasteiger partial charge in [0.2, 0.25) is 0 Å². The number of cyclic esters (lactones) is 1. The molecule has 1 aliphatic rings. The van der Waals surface area contributed by atoms with E-state index < -0.39 is 0 Å². The van der Waals surface area contributed by atoms with Gasteiger partial charge in [0.25, 0.3) is 0 Å². The first-order valence-electron chi connectivity index (χ1n) is 4.85. The number of halogens is 1. The fourth-order valence-electron chi connectivity index (χ4n) is 1.59. The van der Waals surface area contributed by atoms with Gasteiger partial charge in [-0.15, -0.1) is 11.6 Å². The summed E-state index contributed by atoms with van der Waals surface area (Å²) in [5.41, 5.74) is 1.10. The minimum absolute atomic E-state index is 0.164. The molecule has 0 aliphatic carbocycles. The Morgan fingerprint density at radius 2 is 2.13 bits per heavy atom. The van der Waals surface area contributed by atoms with Gasteiger partial charge in [-0.2, -0.15) is 0 Å². The number of alkyl halides is 1. The number of nitrogens with zero attached hydrogens (tertiary/aromatic N) is 1. The molecule has 1 unspecified atom stereocenters. The van der Waals surface area contributed by atoms with Gasteiger partial charge in [0.05, 0.1) is 12.4 Å². The second-order valence-electron chi connectivity index (χ2n) is 3.53. The molecule has 2 rings (SSSR count). The van der Waals surface area contributed by atoms with E-state index in [0.717, 1.165) is 5.56 Å². The van der Waals surface area contributed by atoms with Crippen LogP contribution >= 0.6 is 11.6 Å². The number of rotatable bonds is 3. The molecule has 1 atom stereocenters. The maximum absolute atomic E-state index is 11.4. The van der Waals surface area contributed by atoms with E-state index in [-0.39, 0.29) is 12.2 Å². The zero-order valence-corrected chi connectivity index (χ0v) is 8.98. The van der Waals surface area contributed by atoms with Crippen LogP contribution in [-0.2, 0) is 11.3 Å². The third kappa shape index (κ3) is 2.42. The lowest BCUT2D eigenvalue weighted by atomic mass is 10.2. The maximum atomic E-state index is 11.4. The van der Waals surface area contributed by atoms with Gasteiger partial charge in [-0.1, -0.05) is 30.3 Å². The third-order valence-electron chi connectivity index (χ3n) is 2.34. The van der Waals surface area contributed by atoms with Crippen LogP contribution in [0.5, 0.6) is 0 Å². The van der Waals surface area contributed by atoms with Gasteiger partial charge in [-0.25, -0.2) is 4.79 Å². The Bertz CT molecular complexity index is 342. The van der Waals surface area contributed by atoms with E-state index in [9.17, 15) is 4.79 Å². The molecule has 80 valence electrons. The van der Waals surface area contributed by atoms with Gasteiger partial charge in [-0.3, -0.25) is 0 Å². The molecule has 1 fully saturated rings. The predicted molar refractivity (Wildman–Crippen MR) is 57.8 cm³/mol. The molecular weight excluding hydrogens is 214 g/mol. The third-order valence-corrected chi connectivity index (χ3v) is 2.68. The van der Waals surface area contributed by atoms with Crippen molar-refractivity contribution >= 4 is 17.7 Å². The second-order valence-corrected chi connectivity index (χ2v) is 3.83. The van der Waals surface area contributed by atoms with E-state index in [0.29, 0.717) is 19.0 Å². The summed E-state index contributed by atoms with van der Waals surface area (Å²) in [5.74, 6) is 0.358. The molecule has 1 saturated heterocycles. The summed E-state index contributed by atoms with van der Waals surface area (Å²) in [6.45, 7) is 1.17. The molecular formula is C11H12ClNO2. The first kappa shape index (κ1) is 10.3. The van der Waals surface area contributed by atoms with Crippen LogP contribution < -0.4 is 0 Å². The number of hydrogen-bond acceptors (Lipinski definition) is 2. The predicted octanol–water partition coefficient (Wildman–Crippen LogP) is 2.25. The first-order valence-corrected chi connectivity index (χ1v) is 5.38. The Morgan fingerprint density at radius 1 is 1.40 bits per heavy atom. The van der Waals surface area contributed by atoms with Crippen molar-refractivity contribution in [1.29, 1.82) is 0 Å². The van der Waals surface area contributed by atoms with Crippen LogP contribution in [0.4, 0.5) is 4.79 Å². The van der Waals surface area contributed by atoms with Crippen molar-refractivity contribution in [3.8, 4) is 0 Å². The van der Waals surface area contributed by atoms with Crippen molar-refractivity contribution in [3.63, 3.8) is 0 Å². The van der Waals surface area contributed by atoms with E-state index >= 15 is 0 Å². The molecule has 1 aliphatic heterocycles. The summed E-state index contributed by atoms with van der Waals surface area (Å²) in [7, 11) is 0. The molecule has 0 saturated carbocycles. The second kappa shape index (κ2) is 4.53. The van der Waals surface area contributed by atoms with Crippen LogP contribution in [0.25, 0.3) is 0 Å². The lowest BCUT2D eigenvalue weighted by Crippen LogP contribution is -2.24. The van der Waals surface area contributed by atoms with Gasteiger partial charge in [0.15, 0.2) is 0 Å². The molecule has 1 amide bonds. The highest BCUT2D eigenvalue weighted by Crippen LogP contribution is 2.15. The fraction of sp³-hybridized carbons (Fsp3) is 0.364. The number of carbonyl (C=O) groups is 1. The van der Waals surface area contributed by atoms with E-state index in [4.69, 9.17) is 16.3 Å². The lowest BCUT2D eigenvalue weighted by molar-refractivity contribution is 0.138. The Morgan fingerprint density at radius 3 is 2.73 bits per heavy atom. The normalized spacial score (nSPS) is 20.5. The maximum Gasteiger partial charge on any atom is 0.410 e. The first-order chi connectivity index (χ1) is 7.29. The Kier molecular flexibility index (Phi) is 3.11. The summed E-state index contributed by atoms with van der Waals surface area (Å²) in [5, 5.41) is 0. The van der Waals surface area contributed by atoms with E-state index in [1.807, 2.05) is 30.3 Å². The highest BCUT2D eigenvalue weighted by molar-refractivity contribution is 6.18. The van der Waals surface area contributed by atoms with Gasteiger partial charge in [-0.05, 0) is 5.56 Å². The molecule has 1 aromatic carbocycles. The summed E-state index contributed by atoms with van der Waals surface area (Å²) in [6.07, 6.45) is -0.438. The van der Waals surface area contributed by atoms with Crippen molar-refractivity contribution in [2.75, 3.05) is 12.4 Å². The molecule has 0 radical (unpaired) electrons. The van der Waals surface area contributed by atoms with Crippen molar-refractivity contribution in [2.24, 2.45) is 0 Å².